The number of anilines is 1. The fourth-order valence-electron chi connectivity index (χ4n) is 3.26. The van der Waals surface area contributed by atoms with Gasteiger partial charge in [0, 0.05) is 5.39 Å². The molecule has 0 spiro atoms. The summed E-state index contributed by atoms with van der Waals surface area (Å²) >= 11 is 0. The number of rotatable bonds is 6. The van der Waals surface area contributed by atoms with Gasteiger partial charge in [0.05, 0.1) is 5.41 Å². The Bertz CT molecular complexity index is 1110. The van der Waals surface area contributed by atoms with Gasteiger partial charge >= 0.3 is 16.2 Å². The SMILES string of the molecule is CC(C)(CCCc1ccc2cc(O)c(N3CC(=O)NS3(=O)=O)c(F)c2c1)C(=O)O. The summed E-state index contributed by atoms with van der Waals surface area (Å²) < 4.78 is 41.5. The first-order valence-electron chi connectivity index (χ1n) is 8.93. The first kappa shape index (κ1) is 20.8. The van der Waals surface area contributed by atoms with Crippen LogP contribution in [-0.2, 0) is 26.2 Å². The fraction of sp³-hybridized carbons (Fsp3) is 0.368. The molecule has 0 aliphatic carbocycles. The lowest BCUT2D eigenvalue weighted by molar-refractivity contribution is -0.147. The summed E-state index contributed by atoms with van der Waals surface area (Å²) in [5, 5.41) is 19.8. The Balaban J connectivity index is 1.94. The first-order chi connectivity index (χ1) is 13.4. The number of phenols is 1. The van der Waals surface area contributed by atoms with Crippen LogP contribution in [0.4, 0.5) is 10.1 Å². The van der Waals surface area contributed by atoms with Crippen molar-refractivity contribution in [3.05, 3.63) is 35.6 Å². The Labute approximate surface area is 167 Å². The Kier molecular flexibility index (Phi) is 5.16. The van der Waals surface area contributed by atoms with Gasteiger partial charge in [-0.2, -0.15) is 8.42 Å². The van der Waals surface area contributed by atoms with E-state index in [-0.39, 0.29) is 5.39 Å². The predicted octanol–water partition coefficient (Wildman–Crippen LogP) is 2.30. The van der Waals surface area contributed by atoms with Gasteiger partial charge in [-0.15, -0.1) is 0 Å². The molecule has 1 saturated heterocycles. The number of hydrogen-bond acceptors (Lipinski definition) is 5. The van der Waals surface area contributed by atoms with Gasteiger partial charge < -0.3 is 10.2 Å². The first-order valence-corrected chi connectivity index (χ1v) is 10.4. The molecule has 10 heteroatoms. The van der Waals surface area contributed by atoms with Crippen molar-refractivity contribution in [1.29, 1.82) is 0 Å². The number of carbonyl (C=O) groups excluding carboxylic acids is 1. The molecule has 1 aliphatic heterocycles. The molecule has 3 rings (SSSR count). The summed E-state index contributed by atoms with van der Waals surface area (Å²) in [7, 11) is -4.27. The van der Waals surface area contributed by atoms with E-state index >= 15 is 4.39 Å². The maximum Gasteiger partial charge on any atom is 0.326 e. The van der Waals surface area contributed by atoms with Crippen LogP contribution in [0.1, 0.15) is 32.3 Å². The molecule has 1 heterocycles. The van der Waals surface area contributed by atoms with Crippen LogP contribution in [0.3, 0.4) is 0 Å². The second-order valence-corrected chi connectivity index (χ2v) is 9.29. The van der Waals surface area contributed by atoms with Crippen molar-refractivity contribution < 1.29 is 32.6 Å². The number of phenolic OH excluding ortho intramolecular Hbond substituents is 1. The molecule has 8 nitrogen and oxygen atoms in total. The topological polar surface area (TPSA) is 124 Å². The Morgan fingerprint density at radius 2 is 2.00 bits per heavy atom. The minimum Gasteiger partial charge on any atom is -0.506 e. The standard InChI is InChI=1S/C19H21FN2O6S/c1-19(2,18(25)26)7-3-4-11-5-6-12-9-14(23)17(16(20)13(12)8-11)22-10-15(24)21-29(22,27)28/h5-6,8-9,23H,3-4,7,10H2,1-2H3,(H,21,24)(H,25,26). The van der Waals surface area contributed by atoms with E-state index in [1.165, 1.54) is 6.07 Å². The zero-order chi connectivity index (χ0) is 21.6. The summed E-state index contributed by atoms with van der Waals surface area (Å²) in [6, 6.07) is 6.12. The number of nitrogens with one attached hydrogen (secondary N) is 1. The second kappa shape index (κ2) is 7.18. The average molecular weight is 424 g/mol. The van der Waals surface area contributed by atoms with Gasteiger partial charge in [0.25, 0.3) is 5.91 Å². The number of carbonyl (C=O) groups is 2. The number of aromatic hydroxyl groups is 1. The van der Waals surface area contributed by atoms with E-state index in [0.717, 1.165) is 5.56 Å². The van der Waals surface area contributed by atoms with Crippen molar-refractivity contribution in [1.82, 2.24) is 4.72 Å². The highest BCUT2D eigenvalue weighted by Gasteiger charge is 2.37. The van der Waals surface area contributed by atoms with E-state index in [2.05, 4.69) is 0 Å². The highest BCUT2D eigenvalue weighted by molar-refractivity contribution is 7.92. The number of halogens is 1. The summed E-state index contributed by atoms with van der Waals surface area (Å²) in [6.45, 7) is 2.65. The van der Waals surface area contributed by atoms with E-state index in [4.69, 9.17) is 0 Å². The summed E-state index contributed by atoms with van der Waals surface area (Å²) in [4.78, 5) is 22.6. The molecule has 2 aromatic rings. The monoisotopic (exact) mass is 424 g/mol. The summed E-state index contributed by atoms with van der Waals surface area (Å²) in [5.74, 6) is -3.25. The Morgan fingerprint density at radius 3 is 2.59 bits per heavy atom. The lowest BCUT2D eigenvalue weighted by Crippen LogP contribution is -2.30. The quantitative estimate of drug-likeness (QED) is 0.654. The van der Waals surface area contributed by atoms with Crippen molar-refractivity contribution in [2.24, 2.45) is 5.41 Å². The lowest BCUT2D eigenvalue weighted by Gasteiger charge is -2.19. The van der Waals surface area contributed by atoms with Gasteiger partial charge in [-0.05, 0) is 56.2 Å². The fourth-order valence-corrected chi connectivity index (χ4v) is 4.42. The highest BCUT2D eigenvalue weighted by Crippen LogP contribution is 2.38. The van der Waals surface area contributed by atoms with Gasteiger partial charge in [-0.25, -0.2) is 13.4 Å². The molecule has 0 saturated carbocycles. The molecule has 3 N–H and O–H groups in total. The maximum atomic E-state index is 15.2. The molecular weight excluding hydrogens is 403 g/mol. The number of hydrogen-bond donors (Lipinski definition) is 3. The zero-order valence-electron chi connectivity index (χ0n) is 15.9. The molecule has 0 unspecified atom stereocenters. The van der Waals surface area contributed by atoms with Crippen LogP contribution in [0.2, 0.25) is 0 Å². The number of nitrogens with zero attached hydrogens (tertiary/aromatic N) is 1. The molecule has 0 bridgehead atoms. The number of benzene rings is 2. The van der Waals surface area contributed by atoms with Gasteiger partial charge in [-0.3, -0.25) is 9.59 Å². The van der Waals surface area contributed by atoms with Crippen LogP contribution >= 0.6 is 0 Å². The van der Waals surface area contributed by atoms with E-state index in [1.54, 1.807) is 36.8 Å². The highest BCUT2D eigenvalue weighted by atomic mass is 32.2. The molecule has 29 heavy (non-hydrogen) atoms. The van der Waals surface area contributed by atoms with Gasteiger partial charge in [0.2, 0.25) is 0 Å². The number of amides is 1. The van der Waals surface area contributed by atoms with Crippen molar-refractivity contribution in [2.75, 3.05) is 10.8 Å². The number of aryl methyl sites for hydroxylation is 1. The largest absolute Gasteiger partial charge is 0.506 e. The van der Waals surface area contributed by atoms with Gasteiger partial charge in [0.1, 0.15) is 18.0 Å². The third-order valence-corrected chi connectivity index (χ3v) is 6.39. The molecule has 0 aromatic heterocycles. The number of fused-ring (bicyclic) bond motifs is 1. The molecule has 1 fully saturated rings. The minimum absolute atomic E-state index is 0.0994. The molecule has 0 radical (unpaired) electrons. The van der Waals surface area contributed by atoms with Crippen molar-refractivity contribution in [3.8, 4) is 5.75 Å². The molecular formula is C19H21FN2O6S. The Hall–Kier alpha value is -2.88. The number of aliphatic carboxylic acids is 1. The van der Waals surface area contributed by atoms with Crippen molar-refractivity contribution >= 4 is 38.5 Å². The summed E-state index contributed by atoms with van der Waals surface area (Å²) in [5.41, 5.74) is -0.710. The average Bonchev–Trinajstić information content (AvgIpc) is 2.87. The second-order valence-electron chi connectivity index (χ2n) is 7.69. The van der Waals surface area contributed by atoms with E-state index in [0.29, 0.717) is 29.0 Å². The van der Waals surface area contributed by atoms with Crippen LogP contribution in [0.15, 0.2) is 24.3 Å². The third-order valence-electron chi connectivity index (χ3n) is 5.01. The molecule has 156 valence electrons. The maximum absolute atomic E-state index is 15.2. The van der Waals surface area contributed by atoms with Gasteiger partial charge in [-0.1, -0.05) is 12.1 Å². The van der Waals surface area contributed by atoms with Crippen LogP contribution < -0.4 is 9.03 Å². The minimum atomic E-state index is -4.27. The van der Waals surface area contributed by atoms with E-state index in [1.807, 2.05) is 0 Å². The molecule has 1 amide bonds. The van der Waals surface area contributed by atoms with E-state index in [9.17, 15) is 28.2 Å². The predicted molar refractivity (Wildman–Crippen MR) is 104 cm³/mol. The summed E-state index contributed by atoms with van der Waals surface area (Å²) in [6.07, 6.45) is 1.50. The van der Waals surface area contributed by atoms with Crippen LogP contribution in [0, 0.1) is 11.2 Å². The van der Waals surface area contributed by atoms with Gasteiger partial charge in [0.15, 0.2) is 5.82 Å². The van der Waals surface area contributed by atoms with Crippen LogP contribution in [-0.4, -0.2) is 37.1 Å². The normalized spacial score (nSPS) is 16.2. The number of carboxylic acid groups (broad SMARTS) is 1. The van der Waals surface area contributed by atoms with Crippen LogP contribution in [0.25, 0.3) is 10.8 Å². The molecule has 2 aromatic carbocycles. The van der Waals surface area contributed by atoms with Crippen molar-refractivity contribution in [2.45, 2.75) is 33.1 Å². The number of carboxylic acids is 1. The lowest BCUT2D eigenvalue weighted by atomic mass is 9.86. The van der Waals surface area contributed by atoms with Crippen LogP contribution in [0.5, 0.6) is 5.75 Å². The third kappa shape index (κ3) is 3.98. The Morgan fingerprint density at radius 1 is 1.31 bits per heavy atom. The smallest absolute Gasteiger partial charge is 0.326 e. The molecule has 0 atom stereocenters. The van der Waals surface area contributed by atoms with Crippen molar-refractivity contribution in [3.63, 3.8) is 0 Å². The molecule has 1 aliphatic rings. The van der Waals surface area contributed by atoms with E-state index < -0.39 is 51.3 Å². The zero-order valence-corrected chi connectivity index (χ0v) is 16.7.